The number of benzene rings is 1. The number of hydrogen-bond donors (Lipinski definition) is 1. The van der Waals surface area contributed by atoms with Crippen LogP contribution in [0.2, 0.25) is 0 Å². The van der Waals surface area contributed by atoms with Crippen LogP contribution >= 0.6 is 11.3 Å². The number of amides is 1. The molecule has 3 aromatic rings. The first-order valence-electron chi connectivity index (χ1n) is 9.43. The number of pyridine rings is 1. The van der Waals surface area contributed by atoms with E-state index in [0.717, 1.165) is 41.7 Å². The number of nitrogens with zero attached hydrogens (tertiary/aromatic N) is 3. The fourth-order valence-electron chi connectivity index (χ4n) is 3.61. The SMILES string of the molecule is Cc1ccc2ccc(C(=O)Nc3sc4c(c3C#N)CCN(C(C)C)C4)cc2n1. The molecule has 0 saturated carbocycles. The van der Waals surface area contributed by atoms with Crippen LogP contribution in [0.5, 0.6) is 0 Å². The molecule has 1 aromatic carbocycles. The van der Waals surface area contributed by atoms with Gasteiger partial charge in [0.05, 0.1) is 11.1 Å². The van der Waals surface area contributed by atoms with Gasteiger partial charge in [0.25, 0.3) is 5.91 Å². The molecule has 0 bridgehead atoms. The maximum absolute atomic E-state index is 12.8. The fraction of sp³-hybridized carbons (Fsp3) is 0.318. The van der Waals surface area contributed by atoms with E-state index in [9.17, 15) is 10.1 Å². The Balaban J connectivity index is 1.62. The van der Waals surface area contributed by atoms with Crippen LogP contribution in [0.15, 0.2) is 30.3 Å². The van der Waals surface area contributed by atoms with Crippen LogP contribution in [0.1, 0.15) is 45.9 Å². The van der Waals surface area contributed by atoms with Gasteiger partial charge >= 0.3 is 0 Å². The van der Waals surface area contributed by atoms with Gasteiger partial charge in [-0.2, -0.15) is 5.26 Å². The van der Waals surface area contributed by atoms with E-state index in [-0.39, 0.29) is 5.91 Å². The molecular formula is C22H22N4OS. The van der Waals surface area contributed by atoms with Crippen molar-refractivity contribution in [3.63, 3.8) is 0 Å². The third kappa shape index (κ3) is 3.39. The average molecular weight is 391 g/mol. The summed E-state index contributed by atoms with van der Waals surface area (Å²) in [6.45, 7) is 8.08. The summed E-state index contributed by atoms with van der Waals surface area (Å²) in [6, 6.07) is 12.2. The van der Waals surface area contributed by atoms with Gasteiger partial charge in [-0.15, -0.1) is 11.3 Å². The minimum Gasteiger partial charge on any atom is -0.312 e. The molecule has 2 aromatic heterocycles. The smallest absolute Gasteiger partial charge is 0.256 e. The lowest BCUT2D eigenvalue weighted by atomic mass is 10.0. The molecule has 142 valence electrons. The lowest BCUT2D eigenvalue weighted by Crippen LogP contribution is -2.35. The van der Waals surface area contributed by atoms with Gasteiger partial charge in [0, 0.05) is 40.7 Å². The molecule has 0 aliphatic carbocycles. The number of thiophene rings is 1. The van der Waals surface area contributed by atoms with Gasteiger partial charge in [-0.25, -0.2) is 0 Å². The maximum atomic E-state index is 12.8. The Bertz CT molecular complexity index is 1110. The van der Waals surface area contributed by atoms with Gasteiger partial charge < -0.3 is 5.32 Å². The minimum absolute atomic E-state index is 0.207. The largest absolute Gasteiger partial charge is 0.312 e. The number of aromatic nitrogens is 1. The van der Waals surface area contributed by atoms with E-state index in [1.54, 1.807) is 12.1 Å². The van der Waals surface area contributed by atoms with Gasteiger partial charge in [-0.1, -0.05) is 12.1 Å². The summed E-state index contributed by atoms with van der Waals surface area (Å²) in [4.78, 5) is 20.9. The number of aryl methyl sites for hydroxylation is 1. The zero-order valence-corrected chi connectivity index (χ0v) is 17.1. The van der Waals surface area contributed by atoms with Crippen molar-refractivity contribution in [1.29, 1.82) is 5.26 Å². The van der Waals surface area contributed by atoms with E-state index in [1.807, 2.05) is 25.1 Å². The Labute approximate surface area is 168 Å². The summed E-state index contributed by atoms with van der Waals surface area (Å²) in [5.41, 5.74) is 3.97. The van der Waals surface area contributed by atoms with Crippen LogP contribution in [-0.2, 0) is 13.0 Å². The zero-order chi connectivity index (χ0) is 19.8. The molecule has 6 heteroatoms. The highest BCUT2D eigenvalue weighted by atomic mass is 32.1. The standard InChI is InChI=1S/C22H22N4OS/c1-13(2)26-9-8-17-18(11-23)22(28-20(17)12-26)25-21(27)16-7-6-15-5-4-14(3)24-19(15)10-16/h4-7,10,13H,8-9,12H2,1-3H3,(H,25,27). The molecule has 5 nitrogen and oxygen atoms in total. The van der Waals surface area contributed by atoms with Gasteiger partial charge in [-0.3, -0.25) is 14.7 Å². The third-order valence-electron chi connectivity index (χ3n) is 5.25. The Morgan fingerprint density at radius 3 is 2.86 bits per heavy atom. The van der Waals surface area contributed by atoms with Crippen LogP contribution in [0.4, 0.5) is 5.00 Å². The van der Waals surface area contributed by atoms with Crippen molar-refractivity contribution in [1.82, 2.24) is 9.88 Å². The highest BCUT2D eigenvalue weighted by molar-refractivity contribution is 7.16. The molecule has 1 aliphatic heterocycles. The van der Waals surface area contributed by atoms with Crippen molar-refractivity contribution < 1.29 is 4.79 Å². The van der Waals surface area contributed by atoms with Crippen molar-refractivity contribution in [2.45, 2.75) is 39.8 Å². The Morgan fingerprint density at radius 2 is 2.11 bits per heavy atom. The second-order valence-corrected chi connectivity index (χ2v) is 8.55. The fourth-order valence-corrected chi connectivity index (χ4v) is 4.82. The Kier molecular flexibility index (Phi) is 4.88. The molecule has 0 saturated heterocycles. The van der Waals surface area contributed by atoms with E-state index >= 15 is 0 Å². The lowest BCUT2D eigenvalue weighted by molar-refractivity contribution is 0.102. The second kappa shape index (κ2) is 7.34. The molecule has 4 rings (SSSR count). The summed E-state index contributed by atoms with van der Waals surface area (Å²) in [7, 11) is 0. The molecule has 28 heavy (non-hydrogen) atoms. The topological polar surface area (TPSA) is 69.0 Å². The van der Waals surface area contributed by atoms with Crippen molar-refractivity contribution >= 4 is 33.1 Å². The predicted octanol–water partition coefficient (Wildman–Crippen LogP) is 4.50. The first-order chi connectivity index (χ1) is 13.5. The normalized spacial score (nSPS) is 14.1. The van der Waals surface area contributed by atoms with E-state index < -0.39 is 0 Å². The predicted molar refractivity (Wildman–Crippen MR) is 113 cm³/mol. The van der Waals surface area contributed by atoms with Gasteiger partial charge in [0.1, 0.15) is 11.1 Å². The number of rotatable bonds is 3. The Hall–Kier alpha value is -2.75. The number of anilines is 1. The van der Waals surface area contributed by atoms with Gasteiger partial charge in [0.15, 0.2) is 0 Å². The molecule has 3 heterocycles. The summed E-state index contributed by atoms with van der Waals surface area (Å²) in [5, 5.41) is 14.3. The highest BCUT2D eigenvalue weighted by Gasteiger charge is 2.26. The number of nitrogens with one attached hydrogen (secondary N) is 1. The molecule has 0 unspecified atom stereocenters. The molecule has 1 N–H and O–H groups in total. The lowest BCUT2D eigenvalue weighted by Gasteiger charge is -2.30. The summed E-state index contributed by atoms with van der Waals surface area (Å²) in [6.07, 6.45) is 0.849. The van der Waals surface area contributed by atoms with Crippen LogP contribution in [0.25, 0.3) is 10.9 Å². The van der Waals surface area contributed by atoms with Gasteiger partial charge in [-0.05, 0) is 51.0 Å². The monoisotopic (exact) mass is 390 g/mol. The number of carbonyl (C=O) groups excluding carboxylic acids is 1. The first kappa shape index (κ1) is 18.6. The zero-order valence-electron chi connectivity index (χ0n) is 16.2. The number of fused-ring (bicyclic) bond motifs is 2. The molecule has 0 fully saturated rings. The van der Waals surface area contributed by atoms with E-state index in [1.165, 1.54) is 16.2 Å². The van der Waals surface area contributed by atoms with Crippen molar-refractivity contribution in [2.24, 2.45) is 0 Å². The van der Waals surface area contributed by atoms with E-state index in [2.05, 4.69) is 35.1 Å². The molecule has 0 spiro atoms. The molecule has 0 atom stereocenters. The number of hydrogen-bond acceptors (Lipinski definition) is 5. The quantitative estimate of drug-likeness (QED) is 0.715. The second-order valence-electron chi connectivity index (χ2n) is 7.45. The molecule has 1 aliphatic rings. The van der Waals surface area contributed by atoms with Crippen molar-refractivity contribution in [2.75, 3.05) is 11.9 Å². The number of nitriles is 1. The number of carbonyl (C=O) groups is 1. The summed E-state index contributed by atoms with van der Waals surface area (Å²) in [5.74, 6) is -0.207. The molecular weight excluding hydrogens is 368 g/mol. The summed E-state index contributed by atoms with van der Waals surface area (Å²) >= 11 is 1.53. The molecule has 0 radical (unpaired) electrons. The average Bonchev–Trinajstić information content (AvgIpc) is 3.03. The summed E-state index contributed by atoms with van der Waals surface area (Å²) < 4.78 is 0. The van der Waals surface area contributed by atoms with Crippen molar-refractivity contribution in [3.8, 4) is 6.07 Å². The molecule has 1 amide bonds. The van der Waals surface area contributed by atoms with Crippen LogP contribution in [-0.4, -0.2) is 28.4 Å². The first-order valence-corrected chi connectivity index (χ1v) is 10.3. The third-order valence-corrected chi connectivity index (χ3v) is 6.38. The van der Waals surface area contributed by atoms with Crippen LogP contribution in [0.3, 0.4) is 0 Å². The van der Waals surface area contributed by atoms with Gasteiger partial charge in [0.2, 0.25) is 0 Å². The van der Waals surface area contributed by atoms with Crippen LogP contribution in [0, 0.1) is 18.3 Å². The van der Waals surface area contributed by atoms with E-state index in [4.69, 9.17) is 0 Å². The Morgan fingerprint density at radius 1 is 1.32 bits per heavy atom. The maximum Gasteiger partial charge on any atom is 0.256 e. The van der Waals surface area contributed by atoms with E-state index in [0.29, 0.717) is 22.2 Å². The van der Waals surface area contributed by atoms with Crippen molar-refractivity contribution in [3.05, 3.63) is 57.6 Å². The minimum atomic E-state index is -0.207. The highest BCUT2D eigenvalue weighted by Crippen LogP contribution is 2.37. The van der Waals surface area contributed by atoms with Crippen LogP contribution < -0.4 is 5.32 Å².